The summed E-state index contributed by atoms with van der Waals surface area (Å²) in [6, 6.07) is 0.228. The van der Waals surface area contributed by atoms with E-state index in [1.807, 2.05) is 29.6 Å². The number of piperidine rings is 1. The van der Waals surface area contributed by atoms with Crippen molar-refractivity contribution in [1.82, 2.24) is 24.6 Å². The van der Waals surface area contributed by atoms with Crippen LogP contribution < -0.4 is 10.5 Å². The van der Waals surface area contributed by atoms with Gasteiger partial charge in [0.1, 0.15) is 0 Å². The molecule has 0 radical (unpaired) electrons. The standard InChI is InChI=1S/C22H30N6O3/c1-15(2)28-14-16(13-23-28)20(30)26-7-5-22(6-8-26)4-3-17-18(22)24-21(25-19(17)29)27-9-11-31-12-10-27/h13-15H,3-12H2,1-2H3,(H,24,25,29). The van der Waals surface area contributed by atoms with Gasteiger partial charge in [0.2, 0.25) is 5.95 Å². The molecule has 1 aliphatic carbocycles. The lowest BCUT2D eigenvalue weighted by Crippen LogP contribution is -2.45. The summed E-state index contributed by atoms with van der Waals surface area (Å²) in [5, 5.41) is 4.30. The minimum absolute atomic E-state index is 0.0111. The Bertz CT molecular complexity index is 1030. The number of amides is 1. The lowest BCUT2D eigenvalue weighted by atomic mass is 9.76. The lowest BCUT2D eigenvalue weighted by Gasteiger charge is -2.39. The number of nitrogens with one attached hydrogen (secondary N) is 1. The van der Waals surface area contributed by atoms with Crippen LogP contribution in [0.4, 0.5) is 5.95 Å². The fraction of sp³-hybridized carbons (Fsp3) is 0.636. The molecule has 5 rings (SSSR count). The number of anilines is 1. The predicted octanol–water partition coefficient (Wildman–Crippen LogP) is 1.50. The summed E-state index contributed by atoms with van der Waals surface area (Å²) in [7, 11) is 0. The molecule has 166 valence electrons. The number of carbonyl (C=O) groups excluding carboxylic acids is 1. The lowest BCUT2D eigenvalue weighted by molar-refractivity contribution is 0.0663. The molecule has 1 amide bonds. The van der Waals surface area contributed by atoms with E-state index in [1.165, 1.54) is 0 Å². The SMILES string of the molecule is CC(C)n1cc(C(=O)N2CCC3(CCc4c3nc(N3CCOCC3)[nH]c4=O)CC2)cn1. The highest BCUT2D eigenvalue weighted by Gasteiger charge is 2.45. The maximum absolute atomic E-state index is 13.0. The number of morpholine rings is 1. The van der Waals surface area contributed by atoms with Gasteiger partial charge in [-0.25, -0.2) is 4.98 Å². The van der Waals surface area contributed by atoms with Crippen molar-refractivity contribution in [2.75, 3.05) is 44.3 Å². The van der Waals surface area contributed by atoms with Crippen LogP contribution in [0.15, 0.2) is 17.2 Å². The van der Waals surface area contributed by atoms with E-state index in [2.05, 4.69) is 15.0 Å². The van der Waals surface area contributed by atoms with Crippen LogP contribution in [0.5, 0.6) is 0 Å². The van der Waals surface area contributed by atoms with Crippen molar-refractivity contribution in [2.24, 2.45) is 0 Å². The minimum atomic E-state index is -0.108. The van der Waals surface area contributed by atoms with E-state index in [0.29, 0.717) is 37.8 Å². The average Bonchev–Trinajstić information content (AvgIpc) is 3.41. The first kappa shape index (κ1) is 20.2. The van der Waals surface area contributed by atoms with Crippen LogP contribution in [-0.4, -0.2) is 69.9 Å². The quantitative estimate of drug-likeness (QED) is 0.799. The number of likely N-dealkylation sites (tertiary alicyclic amines) is 1. The third kappa shape index (κ3) is 3.54. The van der Waals surface area contributed by atoms with Crippen molar-refractivity contribution < 1.29 is 9.53 Å². The third-order valence-corrected chi connectivity index (χ3v) is 7.05. The highest BCUT2D eigenvalue weighted by atomic mass is 16.5. The number of fused-ring (bicyclic) bond motifs is 2. The second-order valence-electron chi connectivity index (χ2n) is 9.19. The Labute approximate surface area is 181 Å². The molecule has 0 bridgehead atoms. The molecule has 2 saturated heterocycles. The van der Waals surface area contributed by atoms with Crippen LogP contribution in [0.25, 0.3) is 0 Å². The molecule has 0 saturated carbocycles. The van der Waals surface area contributed by atoms with E-state index >= 15 is 0 Å². The van der Waals surface area contributed by atoms with Crippen molar-refractivity contribution in [3.63, 3.8) is 0 Å². The first-order valence-electron chi connectivity index (χ1n) is 11.3. The molecule has 2 aromatic heterocycles. The molecule has 1 N–H and O–H groups in total. The Morgan fingerprint density at radius 2 is 1.90 bits per heavy atom. The number of aromatic nitrogens is 4. The summed E-state index contributed by atoms with van der Waals surface area (Å²) in [5.41, 5.74) is 2.31. The van der Waals surface area contributed by atoms with Crippen molar-refractivity contribution in [2.45, 2.75) is 51.0 Å². The summed E-state index contributed by atoms with van der Waals surface area (Å²) < 4.78 is 7.25. The van der Waals surface area contributed by atoms with Gasteiger partial charge in [0.05, 0.1) is 30.7 Å². The molecule has 2 aliphatic heterocycles. The molecule has 4 heterocycles. The van der Waals surface area contributed by atoms with Crippen LogP contribution in [-0.2, 0) is 16.6 Å². The average molecular weight is 427 g/mol. The molecule has 1 spiro atoms. The number of ether oxygens (including phenoxy) is 1. The molecular formula is C22H30N6O3. The Balaban J connectivity index is 1.35. The summed E-state index contributed by atoms with van der Waals surface area (Å²) in [5.74, 6) is 0.695. The van der Waals surface area contributed by atoms with Crippen LogP contribution >= 0.6 is 0 Å². The zero-order valence-electron chi connectivity index (χ0n) is 18.3. The van der Waals surface area contributed by atoms with Gasteiger partial charge in [-0.1, -0.05) is 0 Å². The highest BCUT2D eigenvalue weighted by molar-refractivity contribution is 5.93. The first-order valence-corrected chi connectivity index (χ1v) is 11.3. The van der Waals surface area contributed by atoms with E-state index in [4.69, 9.17) is 9.72 Å². The maximum atomic E-state index is 13.0. The summed E-state index contributed by atoms with van der Waals surface area (Å²) in [6.45, 7) is 8.21. The number of hydrogen-bond donors (Lipinski definition) is 1. The second-order valence-corrected chi connectivity index (χ2v) is 9.19. The molecule has 9 nitrogen and oxygen atoms in total. The van der Waals surface area contributed by atoms with Crippen molar-refractivity contribution in [3.05, 3.63) is 39.6 Å². The number of H-pyrrole nitrogens is 1. The Morgan fingerprint density at radius 1 is 1.16 bits per heavy atom. The van der Waals surface area contributed by atoms with E-state index in [9.17, 15) is 9.59 Å². The Morgan fingerprint density at radius 3 is 2.58 bits per heavy atom. The van der Waals surface area contributed by atoms with Gasteiger partial charge in [0.25, 0.3) is 11.5 Å². The molecule has 2 fully saturated rings. The normalized spacial score (nSPS) is 20.5. The predicted molar refractivity (Wildman–Crippen MR) is 116 cm³/mol. The fourth-order valence-corrected chi connectivity index (χ4v) is 5.10. The zero-order valence-corrected chi connectivity index (χ0v) is 18.3. The van der Waals surface area contributed by atoms with E-state index < -0.39 is 0 Å². The largest absolute Gasteiger partial charge is 0.378 e. The number of nitrogens with zero attached hydrogens (tertiary/aromatic N) is 5. The molecule has 31 heavy (non-hydrogen) atoms. The number of rotatable bonds is 3. The van der Waals surface area contributed by atoms with Crippen molar-refractivity contribution in [3.8, 4) is 0 Å². The Kier molecular flexibility index (Phi) is 5.08. The van der Waals surface area contributed by atoms with Crippen LogP contribution in [0.2, 0.25) is 0 Å². The van der Waals surface area contributed by atoms with Gasteiger partial charge in [0, 0.05) is 49.4 Å². The number of hydrogen-bond acceptors (Lipinski definition) is 6. The monoisotopic (exact) mass is 426 g/mol. The van der Waals surface area contributed by atoms with Gasteiger partial charge in [-0.3, -0.25) is 19.3 Å². The van der Waals surface area contributed by atoms with Gasteiger partial charge >= 0.3 is 0 Å². The van der Waals surface area contributed by atoms with Gasteiger partial charge in [0.15, 0.2) is 0 Å². The summed E-state index contributed by atoms with van der Waals surface area (Å²) in [6.07, 6.45) is 6.85. The number of aromatic amines is 1. The smallest absolute Gasteiger partial charge is 0.257 e. The maximum Gasteiger partial charge on any atom is 0.257 e. The van der Waals surface area contributed by atoms with E-state index in [-0.39, 0.29) is 22.9 Å². The molecule has 2 aromatic rings. The molecule has 0 atom stereocenters. The highest BCUT2D eigenvalue weighted by Crippen LogP contribution is 2.44. The van der Waals surface area contributed by atoms with Gasteiger partial charge in [-0.2, -0.15) is 5.10 Å². The van der Waals surface area contributed by atoms with Crippen LogP contribution in [0.1, 0.15) is 60.8 Å². The van der Waals surface area contributed by atoms with Gasteiger partial charge < -0.3 is 14.5 Å². The van der Waals surface area contributed by atoms with E-state index in [0.717, 1.165) is 50.0 Å². The molecule has 3 aliphatic rings. The van der Waals surface area contributed by atoms with E-state index in [1.54, 1.807) is 6.20 Å². The van der Waals surface area contributed by atoms with Gasteiger partial charge in [-0.05, 0) is 39.5 Å². The minimum Gasteiger partial charge on any atom is -0.378 e. The topological polar surface area (TPSA) is 96.4 Å². The Hall–Kier alpha value is -2.68. The molecule has 0 unspecified atom stereocenters. The fourth-order valence-electron chi connectivity index (χ4n) is 5.10. The molecule has 0 aromatic carbocycles. The summed E-state index contributed by atoms with van der Waals surface area (Å²) in [4.78, 5) is 37.7. The third-order valence-electron chi connectivity index (χ3n) is 7.05. The van der Waals surface area contributed by atoms with Crippen LogP contribution in [0, 0.1) is 0 Å². The molecule has 9 heteroatoms. The van der Waals surface area contributed by atoms with Crippen LogP contribution in [0.3, 0.4) is 0 Å². The molecular weight excluding hydrogens is 396 g/mol. The number of carbonyl (C=O) groups is 1. The van der Waals surface area contributed by atoms with Gasteiger partial charge in [-0.15, -0.1) is 0 Å². The van der Waals surface area contributed by atoms with Crippen molar-refractivity contribution in [1.29, 1.82) is 0 Å². The van der Waals surface area contributed by atoms with Crippen molar-refractivity contribution >= 4 is 11.9 Å². The zero-order chi connectivity index (χ0) is 21.6. The first-order chi connectivity index (χ1) is 15.0. The summed E-state index contributed by atoms with van der Waals surface area (Å²) >= 11 is 0. The second kappa shape index (κ2) is 7.78.